The lowest BCUT2D eigenvalue weighted by Gasteiger charge is -2.36. The molecule has 6 heteroatoms. The predicted molar refractivity (Wildman–Crippen MR) is 66.4 cm³/mol. The molecular formula is C12H22N2O4. The van der Waals surface area contributed by atoms with E-state index in [1.807, 2.05) is 6.92 Å². The normalized spacial score (nSPS) is 21.8. The first-order valence-electron chi connectivity index (χ1n) is 6.35. The van der Waals surface area contributed by atoms with E-state index in [1.54, 1.807) is 18.7 Å². The number of aliphatic carboxylic acids is 1. The molecule has 1 unspecified atom stereocenters. The molecule has 0 aromatic rings. The molecule has 2 amide bonds. The highest BCUT2D eigenvalue weighted by Crippen LogP contribution is 2.11. The summed E-state index contributed by atoms with van der Waals surface area (Å²) in [5.41, 5.74) is 0. The van der Waals surface area contributed by atoms with E-state index >= 15 is 0 Å². The average Bonchev–Trinajstić information content (AvgIpc) is 2.34. The maximum absolute atomic E-state index is 12.1. The van der Waals surface area contributed by atoms with Crippen LogP contribution in [0.2, 0.25) is 0 Å². The lowest BCUT2D eigenvalue weighted by atomic mass is 10.1. The largest absolute Gasteiger partial charge is 0.480 e. The molecule has 1 rings (SSSR count). The van der Waals surface area contributed by atoms with Crippen LogP contribution in [0.25, 0.3) is 0 Å². The molecule has 0 spiro atoms. The second kappa shape index (κ2) is 6.58. The molecule has 0 aromatic heterocycles. The standard InChI is InChI=1S/C12H22N2O4/c1-4-9-7-18-6-5-14(9)12(17)13-10(8(2)3)11(15)16/h8-10H,4-7H2,1-3H3,(H,13,17)(H,15,16)/t9?,10-/m1/s1. The first-order valence-corrected chi connectivity index (χ1v) is 6.35. The van der Waals surface area contributed by atoms with Crippen LogP contribution in [0.1, 0.15) is 27.2 Å². The van der Waals surface area contributed by atoms with Crippen LogP contribution in [-0.2, 0) is 9.53 Å². The molecule has 1 saturated heterocycles. The lowest BCUT2D eigenvalue weighted by Crippen LogP contribution is -2.56. The Morgan fingerprint density at radius 3 is 2.67 bits per heavy atom. The minimum atomic E-state index is -1.00. The molecule has 1 aliphatic heterocycles. The zero-order valence-electron chi connectivity index (χ0n) is 11.2. The fraction of sp³-hybridized carbons (Fsp3) is 0.833. The van der Waals surface area contributed by atoms with E-state index in [4.69, 9.17) is 9.84 Å². The maximum Gasteiger partial charge on any atom is 0.326 e. The second-order valence-corrected chi connectivity index (χ2v) is 4.84. The molecule has 0 aromatic carbocycles. The van der Waals surface area contributed by atoms with Crippen LogP contribution in [0.3, 0.4) is 0 Å². The van der Waals surface area contributed by atoms with E-state index in [9.17, 15) is 9.59 Å². The van der Waals surface area contributed by atoms with Gasteiger partial charge in [-0.3, -0.25) is 0 Å². The van der Waals surface area contributed by atoms with Crippen LogP contribution in [0.5, 0.6) is 0 Å². The van der Waals surface area contributed by atoms with Crippen molar-refractivity contribution in [1.82, 2.24) is 10.2 Å². The number of hydrogen-bond acceptors (Lipinski definition) is 3. The van der Waals surface area contributed by atoms with Gasteiger partial charge in [0.1, 0.15) is 6.04 Å². The van der Waals surface area contributed by atoms with Crippen molar-refractivity contribution in [3.05, 3.63) is 0 Å². The number of rotatable bonds is 4. The fourth-order valence-corrected chi connectivity index (χ4v) is 1.99. The molecule has 0 radical (unpaired) electrons. The molecule has 0 aliphatic carbocycles. The Morgan fingerprint density at radius 1 is 1.50 bits per heavy atom. The molecule has 18 heavy (non-hydrogen) atoms. The topological polar surface area (TPSA) is 78.9 Å². The molecule has 0 saturated carbocycles. The first-order chi connectivity index (χ1) is 8.47. The quantitative estimate of drug-likeness (QED) is 0.785. The Labute approximate surface area is 107 Å². The van der Waals surface area contributed by atoms with E-state index in [-0.39, 0.29) is 18.0 Å². The number of nitrogens with one attached hydrogen (secondary N) is 1. The van der Waals surface area contributed by atoms with Gasteiger partial charge in [0.25, 0.3) is 0 Å². The van der Waals surface area contributed by atoms with Crippen molar-refractivity contribution in [2.24, 2.45) is 5.92 Å². The molecular weight excluding hydrogens is 236 g/mol. The maximum atomic E-state index is 12.1. The van der Waals surface area contributed by atoms with Gasteiger partial charge in [0, 0.05) is 6.54 Å². The van der Waals surface area contributed by atoms with Crippen LogP contribution >= 0.6 is 0 Å². The van der Waals surface area contributed by atoms with Crippen molar-refractivity contribution in [2.75, 3.05) is 19.8 Å². The third-order valence-corrected chi connectivity index (χ3v) is 3.17. The third kappa shape index (κ3) is 3.60. The summed E-state index contributed by atoms with van der Waals surface area (Å²) in [5, 5.41) is 11.6. The van der Waals surface area contributed by atoms with E-state index in [0.717, 1.165) is 6.42 Å². The average molecular weight is 258 g/mol. The van der Waals surface area contributed by atoms with Crippen LogP contribution in [-0.4, -0.2) is 53.8 Å². The van der Waals surface area contributed by atoms with Crippen molar-refractivity contribution >= 4 is 12.0 Å². The number of morpholine rings is 1. The van der Waals surface area contributed by atoms with Crippen LogP contribution in [0.15, 0.2) is 0 Å². The summed E-state index contributed by atoms with van der Waals surface area (Å²) in [5.74, 6) is -1.15. The van der Waals surface area contributed by atoms with Gasteiger partial charge < -0.3 is 20.1 Å². The predicted octanol–water partition coefficient (Wildman–Crippen LogP) is 0.916. The van der Waals surface area contributed by atoms with Crippen LogP contribution in [0.4, 0.5) is 4.79 Å². The molecule has 1 aliphatic rings. The molecule has 1 heterocycles. The molecule has 1 fully saturated rings. The van der Waals surface area contributed by atoms with Gasteiger partial charge in [-0.1, -0.05) is 20.8 Å². The highest BCUT2D eigenvalue weighted by molar-refractivity contribution is 5.83. The summed E-state index contributed by atoms with van der Waals surface area (Å²) in [7, 11) is 0. The molecule has 2 N–H and O–H groups in total. The van der Waals surface area contributed by atoms with Gasteiger partial charge in [-0.25, -0.2) is 9.59 Å². The van der Waals surface area contributed by atoms with Gasteiger partial charge in [-0.15, -0.1) is 0 Å². The van der Waals surface area contributed by atoms with Crippen LogP contribution < -0.4 is 5.32 Å². The van der Waals surface area contributed by atoms with E-state index in [2.05, 4.69) is 5.32 Å². The minimum Gasteiger partial charge on any atom is -0.480 e. The Hall–Kier alpha value is -1.30. The molecule has 6 nitrogen and oxygen atoms in total. The van der Waals surface area contributed by atoms with E-state index in [0.29, 0.717) is 19.8 Å². The number of amides is 2. The van der Waals surface area contributed by atoms with Crippen molar-refractivity contribution < 1.29 is 19.4 Å². The SMILES string of the molecule is CCC1COCCN1C(=O)N[C@@H](C(=O)O)C(C)C. The van der Waals surface area contributed by atoms with Gasteiger partial charge >= 0.3 is 12.0 Å². The highest BCUT2D eigenvalue weighted by Gasteiger charge is 2.30. The van der Waals surface area contributed by atoms with Gasteiger partial charge in [0.2, 0.25) is 0 Å². The van der Waals surface area contributed by atoms with Crippen molar-refractivity contribution in [3.8, 4) is 0 Å². The summed E-state index contributed by atoms with van der Waals surface area (Å²) in [6.07, 6.45) is 0.798. The first kappa shape index (κ1) is 14.8. The second-order valence-electron chi connectivity index (χ2n) is 4.84. The number of carboxylic acid groups (broad SMARTS) is 1. The number of carboxylic acids is 1. The summed E-state index contributed by atoms with van der Waals surface area (Å²) in [4.78, 5) is 24.8. The smallest absolute Gasteiger partial charge is 0.326 e. The Balaban J connectivity index is 2.64. The Kier molecular flexibility index (Phi) is 5.40. The number of ether oxygens (including phenoxy) is 1. The molecule has 2 atom stereocenters. The number of carbonyl (C=O) groups excluding carboxylic acids is 1. The van der Waals surface area contributed by atoms with Gasteiger partial charge in [0.15, 0.2) is 0 Å². The van der Waals surface area contributed by atoms with E-state index in [1.165, 1.54) is 0 Å². The number of carbonyl (C=O) groups is 2. The summed E-state index contributed by atoms with van der Waals surface area (Å²) in [6.45, 7) is 7.06. The van der Waals surface area contributed by atoms with E-state index < -0.39 is 12.0 Å². The third-order valence-electron chi connectivity index (χ3n) is 3.17. The lowest BCUT2D eigenvalue weighted by molar-refractivity contribution is -0.140. The summed E-state index contributed by atoms with van der Waals surface area (Å²) >= 11 is 0. The van der Waals surface area contributed by atoms with Gasteiger partial charge in [-0.05, 0) is 12.3 Å². The molecule has 0 bridgehead atoms. The Morgan fingerprint density at radius 2 is 2.17 bits per heavy atom. The Bertz CT molecular complexity index is 306. The molecule has 104 valence electrons. The van der Waals surface area contributed by atoms with Crippen molar-refractivity contribution in [1.29, 1.82) is 0 Å². The number of hydrogen-bond donors (Lipinski definition) is 2. The zero-order chi connectivity index (χ0) is 13.7. The minimum absolute atomic E-state index is 0.0281. The van der Waals surface area contributed by atoms with Crippen molar-refractivity contribution in [2.45, 2.75) is 39.3 Å². The van der Waals surface area contributed by atoms with Crippen molar-refractivity contribution in [3.63, 3.8) is 0 Å². The van der Waals surface area contributed by atoms with Crippen LogP contribution in [0, 0.1) is 5.92 Å². The summed E-state index contributed by atoms with van der Waals surface area (Å²) in [6, 6.07) is -1.13. The van der Waals surface area contributed by atoms with Gasteiger partial charge in [-0.2, -0.15) is 0 Å². The number of nitrogens with zero attached hydrogens (tertiary/aromatic N) is 1. The monoisotopic (exact) mass is 258 g/mol. The highest BCUT2D eigenvalue weighted by atomic mass is 16.5. The summed E-state index contributed by atoms with van der Waals surface area (Å²) < 4.78 is 5.32. The zero-order valence-corrected chi connectivity index (χ0v) is 11.2. The van der Waals surface area contributed by atoms with Gasteiger partial charge in [0.05, 0.1) is 19.3 Å². The number of urea groups is 1. The fourth-order valence-electron chi connectivity index (χ4n) is 1.99.